The molecule has 0 fully saturated rings. The van der Waals surface area contributed by atoms with Crippen LogP contribution in [0.3, 0.4) is 0 Å². The van der Waals surface area contributed by atoms with Crippen molar-refractivity contribution < 1.29 is 9.18 Å². The Morgan fingerprint density at radius 2 is 1.72 bits per heavy atom. The molecule has 0 radical (unpaired) electrons. The minimum absolute atomic E-state index is 0.254. The molecule has 1 aromatic heterocycles. The second-order valence-electron chi connectivity index (χ2n) is 5.48. The molecule has 0 spiro atoms. The summed E-state index contributed by atoms with van der Waals surface area (Å²) in [5.41, 5.74) is 3.17. The average molecular weight is 356 g/mol. The van der Waals surface area contributed by atoms with Crippen LogP contribution in [0.4, 0.5) is 21.5 Å². The largest absolute Gasteiger partial charge is 0.355 e. The van der Waals surface area contributed by atoms with E-state index in [0.717, 1.165) is 5.56 Å². The Labute approximate surface area is 149 Å². The fourth-order valence-corrected chi connectivity index (χ4v) is 2.38. The molecular formula is C19H15ClFN3O. The predicted molar refractivity (Wildman–Crippen MR) is 98.1 cm³/mol. The fourth-order valence-electron chi connectivity index (χ4n) is 2.20. The second-order valence-corrected chi connectivity index (χ2v) is 5.89. The average Bonchev–Trinajstić information content (AvgIpc) is 2.60. The highest BCUT2D eigenvalue weighted by Crippen LogP contribution is 2.21. The summed E-state index contributed by atoms with van der Waals surface area (Å²) in [5.74, 6) is -0.653. The monoisotopic (exact) mass is 355 g/mol. The molecule has 0 aliphatic heterocycles. The van der Waals surface area contributed by atoms with Crippen molar-refractivity contribution in [2.75, 3.05) is 10.6 Å². The SMILES string of the molecule is Cc1ccc(NC(=O)c2cc(Nc3ccc(F)cc3)ccn2)cc1Cl. The molecule has 0 unspecified atom stereocenters. The number of carbonyl (C=O) groups excluding carboxylic acids is 1. The molecule has 25 heavy (non-hydrogen) atoms. The number of aromatic nitrogens is 1. The highest BCUT2D eigenvalue weighted by Gasteiger charge is 2.09. The molecule has 0 saturated carbocycles. The number of pyridine rings is 1. The maximum Gasteiger partial charge on any atom is 0.274 e. The molecule has 6 heteroatoms. The number of amides is 1. The van der Waals surface area contributed by atoms with Gasteiger partial charge in [0.05, 0.1) is 0 Å². The molecule has 0 bridgehead atoms. The van der Waals surface area contributed by atoms with E-state index in [2.05, 4.69) is 15.6 Å². The van der Waals surface area contributed by atoms with E-state index in [1.54, 1.807) is 36.4 Å². The molecule has 1 heterocycles. The number of halogens is 2. The van der Waals surface area contributed by atoms with Crippen molar-refractivity contribution in [3.05, 3.63) is 82.9 Å². The van der Waals surface area contributed by atoms with Gasteiger partial charge in [0.25, 0.3) is 5.91 Å². The third-order valence-corrected chi connectivity index (χ3v) is 3.96. The predicted octanol–water partition coefficient (Wildman–Crippen LogP) is 5.18. The van der Waals surface area contributed by atoms with E-state index in [1.165, 1.54) is 18.3 Å². The van der Waals surface area contributed by atoms with E-state index >= 15 is 0 Å². The summed E-state index contributed by atoms with van der Waals surface area (Å²) in [7, 11) is 0. The van der Waals surface area contributed by atoms with Crippen LogP contribution in [0.1, 0.15) is 16.1 Å². The summed E-state index contributed by atoms with van der Waals surface area (Å²) in [5, 5.41) is 6.44. The Morgan fingerprint density at radius 3 is 2.44 bits per heavy atom. The summed E-state index contributed by atoms with van der Waals surface area (Å²) in [6.45, 7) is 1.89. The molecule has 1 amide bonds. The van der Waals surface area contributed by atoms with Crippen LogP contribution in [0.25, 0.3) is 0 Å². The van der Waals surface area contributed by atoms with Crippen LogP contribution in [-0.4, -0.2) is 10.9 Å². The van der Waals surface area contributed by atoms with E-state index in [4.69, 9.17) is 11.6 Å². The number of benzene rings is 2. The maximum atomic E-state index is 13.0. The molecule has 4 nitrogen and oxygen atoms in total. The first-order valence-corrected chi connectivity index (χ1v) is 7.95. The zero-order valence-corrected chi connectivity index (χ0v) is 14.1. The standard InChI is InChI=1S/C19H15ClFN3O/c1-12-2-5-15(10-17(12)20)24-19(25)18-11-16(8-9-22-18)23-14-6-3-13(21)4-7-14/h2-11H,1H3,(H,22,23)(H,24,25). The number of nitrogens with one attached hydrogen (secondary N) is 2. The van der Waals surface area contributed by atoms with Gasteiger partial charge in [-0.1, -0.05) is 17.7 Å². The van der Waals surface area contributed by atoms with Crippen LogP contribution in [0.15, 0.2) is 60.8 Å². The van der Waals surface area contributed by atoms with Crippen LogP contribution in [0.5, 0.6) is 0 Å². The van der Waals surface area contributed by atoms with Crippen LogP contribution < -0.4 is 10.6 Å². The first kappa shape index (κ1) is 16.9. The molecule has 2 aromatic carbocycles. The zero-order valence-electron chi connectivity index (χ0n) is 13.4. The minimum atomic E-state index is -0.345. The van der Waals surface area contributed by atoms with Crippen molar-refractivity contribution in [3.8, 4) is 0 Å². The Hall–Kier alpha value is -2.92. The van der Waals surface area contributed by atoms with E-state index in [1.807, 2.05) is 13.0 Å². The lowest BCUT2D eigenvalue weighted by molar-refractivity contribution is 0.102. The van der Waals surface area contributed by atoms with Gasteiger partial charge in [0.1, 0.15) is 11.5 Å². The molecule has 0 saturated heterocycles. The van der Waals surface area contributed by atoms with Gasteiger partial charge in [0.15, 0.2) is 0 Å². The highest BCUT2D eigenvalue weighted by atomic mass is 35.5. The summed E-state index contributed by atoms with van der Waals surface area (Å²) in [6.07, 6.45) is 1.53. The summed E-state index contributed by atoms with van der Waals surface area (Å²) < 4.78 is 13.0. The minimum Gasteiger partial charge on any atom is -0.355 e. The Morgan fingerprint density at radius 1 is 1.00 bits per heavy atom. The van der Waals surface area contributed by atoms with Crippen LogP contribution in [0, 0.1) is 12.7 Å². The molecule has 2 N–H and O–H groups in total. The summed E-state index contributed by atoms with van der Waals surface area (Å²) in [4.78, 5) is 16.5. The van der Waals surface area contributed by atoms with Crippen molar-refractivity contribution in [3.63, 3.8) is 0 Å². The fraction of sp³-hybridized carbons (Fsp3) is 0.0526. The van der Waals surface area contributed by atoms with Crippen molar-refractivity contribution in [1.82, 2.24) is 4.98 Å². The Bertz CT molecular complexity index is 913. The van der Waals surface area contributed by atoms with Crippen LogP contribution in [-0.2, 0) is 0 Å². The highest BCUT2D eigenvalue weighted by molar-refractivity contribution is 6.31. The van der Waals surface area contributed by atoms with Gasteiger partial charge in [-0.3, -0.25) is 9.78 Å². The van der Waals surface area contributed by atoms with Gasteiger partial charge < -0.3 is 10.6 Å². The smallest absolute Gasteiger partial charge is 0.274 e. The van der Waals surface area contributed by atoms with E-state index in [9.17, 15) is 9.18 Å². The summed E-state index contributed by atoms with van der Waals surface area (Å²) in [6, 6.07) is 14.6. The van der Waals surface area contributed by atoms with Crippen LogP contribution in [0.2, 0.25) is 5.02 Å². The lowest BCUT2D eigenvalue weighted by atomic mass is 10.2. The first-order chi connectivity index (χ1) is 12.0. The van der Waals surface area contributed by atoms with Gasteiger partial charge in [-0.2, -0.15) is 0 Å². The molecule has 0 aliphatic rings. The maximum absolute atomic E-state index is 13.0. The molecular weight excluding hydrogens is 341 g/mol. The molecule has 0 aliphatic carbocycles. The van der Waals surface area contributed by atoms with E-state index in [0.29, 0.717) is 22.1 Å². The van der Waals surface area contributed by atoms with Gasteiger partial charge in [-0.05, 0) is 61.0 Å². The first-order valence-electron chi connectivity index (χ1n) is 7.57. The Kier molecular flexibility index (Phi) is 4.95. The quantitative estimate of drug-likeness (QED) is 0.678. The number of rotatable bonds is 4. The lowest BCUT2D eigenvalue weighted by Gasteiger charge is -2.09. The van der Waals surface area contributed by atoms with E-state index < -0.39 is 0 Å². The van der Waals surface area contributed by atoms with Gasteiger partial charge in [-0.25, -0.2) is 4.39 Å². The van der Waals surface area contributed by atoms with Crippen LogP contribution >= 0.6 is 11.6 Å². The number of hydrogen-bond acceptors (Lipinski definition) is 3. The second kappa shape index (κ2) is 7.32. The third kappa shape index (κ3) is 4.33. The van der Waals surface area contributed by atoms with Gasteiger partial charge in [0, 0.05) is 28.3 Å². The van der Waals surface area contributed by atoms with Crippen molar-refractivity contribution in [1.29, 1.82) is 0 Å². The van der Waals surface area contributed by atoms with Gasteiger partial charge >= 0.3 is 0 Å². The number of carbonyl (C=O) groups is 1. The normalized spacial score (nSPS) is 10.4. The molecule has 3 rings (SSSR count). The third-order valence-electron chi connectivity index (χ3n) is 3.56. The topological polar surface area (TPSA) is 54.0 Å². The summed E-state index contributed by atoms with van der Waals surface area (Å²) >= 11 is 6.07. The Balaban J connectivity index is 1.74. The van der Waals surface area contributed by atoms with Gasteiger partial charge in [-0.15, -0.1) is 0 Å². The number of aryl methyl sites for hydroxylation is 1. The van der Waals surface area contributed by atoms with Crippen molar-refractivity contribution in [2.45, 2.75) is 6.92 Å². The lowest BCUT2D eigenvalue weighted by Crippen LogP contribution is -2.13. The number of nitrogens with zero attached hydrogens (tertiary/aromatic N) is 1. The van der Waals surface area contributed by atoms with Crippen molar-refractivity contribution >= 4 is 34.6 Å². The number of anilines is 3. The van der Waals surface area contributed by atoms with E-state index in [-0.39, 0.29) is 17.4 Å². The van der Waals surface area contributed by atoms with Crippen molar-refractivity contribution in [2.24, 2.45) is 0 Å². The molecule has 0 atom stereocenters. The number of hydrogen-bond donors (Lipinski definition) is 2. The van der Waals surface area contributed by atoms with Gasteiger partial charge in [0.2, 0.25) is 0 Å². The molecule has 3 aromatic rings. The molecule has 126 valence electrons. The zero-order chi connectivity index (χ0) is 17.8.